The third-order valence-electron chi connectivity index (χ3n) is 3.10. The molecule has 24 heavy (non-hydrogen) atoms. The number of benzene rings is 2. The highest BCUT2D eigenvalue weighted by atomic mass is 79.9. The molecule has 10 heteroatoms. The largest absolute Gasteiger partial charge is 0.295 e. The molecule has 0 saturated heterocycles. The Balaban J connectivity index is 2.33. The predicted molar refractivity (Wildman–Crippen MR) is 94.4 cm³/mol. The Morgan fingerprint density at radius 3 is 2.42 bits per heavy atom. The number of nitrogens with zero attached hydrogens (tertiary/aromatic N) is 2. The van der Waals surface area contributed by atoms with E-state index in [1.807, 2.05) is 24.3 Å². The first-order chi connectivity index (χ1) is 11.2. The van der Waals surface area contributed by atoms with Gasteiger partial charge in [0.1, 0.15) is 5.69 Å². The van der Waals surface area contributed by atoms with Crippen LogP contribution in [0.1, 0.15) is 12.5 Å². The van der Waals surface area contributed by atoms with Crippen molar-refractivity contribution in [1.82, 2.24) is 0 Å². The topological polar surface area (TPSA) is 128 Å². The molecular weight excluding hydrogens is 400 g/mol. The fourth-order valence-corrected chi connectivity index (χ4v) is 2.63. The SMILES string of the molecule is CC(=NNc1ccc(S(N)(=O)=O)cc1[N+](=O)[O-])c1ccc(Br)cc1. The number of hydrogen-bond acceptors (Lipinski definition) is 6. The third-order valence-corrected chi connectivity index (χ3v) is 4.54. The van der Waals surface area contributed by atoms with E-state index in [-0.39, 0.29) is 10.6 Å². The van der Waals surface area contributed by atoms with Crippen LogP contribution in [0.4, 0.5) is 11.4 Å². The lowest BCUT2D eigenvalue weighted by molar-refractivity contribution is -0.384. The first-order valence-corrected chi connectivity index (χ1v) is 8.90. The van der Waals surface area contributed by atoms with E-state index in [1.165, 1.54) is 12.1 Å². The Hall–Kier alpha value is -2.30. The number of sulfonamides is 1. The monoisotopic (exact) mass is 412 g/mol. The zero-order valence-electron chi connectivity index (χ0n) is 12.4. The van der Waals surface area contributed by atoms with Gasteiger partial charge < -0.3 is 0 Å². The number of hydrogen-bond donors (Lipinski definition) is 2. The van der Waals surface area contributed by atoms with Gasteiger partial charge in [0.15, 0.2) is 0 Å². The fourth-order valence-electron chi connectivity index (χ4n) is 1.83. The quantitative estimate of drug-likeness (QED) is 0.443. The van der Waals surface area contributed by atoms with E-state index in [9.17, 15) is 18.5 Å². The van der Waals surface area contributed by atoms with Crippen molar-refractivity contribution in [3.8, 4) is 0 Å². The van der Waals surface area contributed by atoms with E-state index >= 15 is 0 Å². The van der Waals surface area contributed by atoms with E-state index < -0.39 is 20.6 Å². The zero-order valence-corrected chi connectivity index (χ0v) is 14.8. The lowest BCUT2D eigenvalue weighted by Gasteiger charge is -2.06. The highest BCUT2D eigenvalue weighted by Gasteiger charge is 2.18. The van der Waals surface area contributed by atoms with Gasteiger partial charge in [0.2, 0.25) is 10.0 Å². The van der Waals surface area contributed by atoms with Crippen LogP contribution < -0.4 is 10.6 Å². The molecule has 3 N–H and O–H groups in total. The number of anilines is 1. The molecule has 2 rings (SSSR count). The predicted octanol–water partition coefficient (Wildman–Crippen LogP) is 2.84. The highest BCUT2D eigenvalue weighted by molar-refractivity contribution is 9.10. The summed E-state index contributed by atoms with van der Waals surface area (Å²) in [6.45, 7) is 1.74. The zero-order chi connectivity index (χ0) is 17.9. The number of nitro groups is 1. The van der Waals surface area contributed by atoms with Crippen molar-refractivity contribution >= 4 is 43.0 Å². The normalized spacial score (nSPS) is 12.0. The van der Waals surface area contributed by atoms with Crippen LogP contribution in [0.25, 0.3) is 0 Å². The van der Waals surface area contributed by atoms with Crippen LogP contribution in [-0.2, 0) is 10.0 Å². The molecule has 0 radical (unpaired) electrons. The van der Waals surface area contributed by atoms with Gasteiger partial charge in [-0.2, -0.15) is 5.10 Å². The number of halogens is 1. The van der Waals surface area contributed by atoms with Gasteiger partial charge in [-0.3, -0.25) is 15.5 Å². The minimum absolute atomic E-state index is 0.0591. The molecule has 0 aliphatic heterocycles. The van der Waals surface area contributed by atoms with Gasteiger partial charge in [0, 0.05) is 10.5 Å². The summed E-state index contributed by atoms with van der Waals surface area (Å²) >= 11 is 3.33. The van der Waals surface area contributed by atoms with Crippen LogP contribution in [0.5, 0.6) is 0 Å². The van der Waals surface area contributed by atoms with Crippen LogP contribution in [0.2, 0.25) is 0 Å². The Kier molecular flexibility index (Phi) is 5.32. The van der Waals surface area contributed by atoms with Crippen molar-refractivity contribution in [3.05, 3.63) is 62.6 Å². The van der Waals surface area contributed by atoms with Crippen LogP contribution >= 0.6 is 15.9 Å². The molecular formula is C14H13BrN4O4S. The van der Waals surface area contributed by atoms with Crippen LogP contribution in [0, 0.1) is 10.1 Å². The summed E-state index contributed by atoms with van der Waals surface area (Å²) in [5, 5.41) is 20.2. The molecule has 0 saturated carbocycles. The second-order valence-electron chi connectivity index (χ2n) is 4.80. The summed E-state index contributed by atoms with van der Waals surface area (Å²) in [5.41, 5.74) is 3.64. The number of rotatable bonds is 5. The van der Waals surface area contributed by atoms with Crippen molar-refractivity contribution in [2.45, 2.75) is 11.8 Å². The maximum absolute atomic E-state index is 11.3. The minimum atomic E-state index is -4.03. The lowest BCUT2D eigenvalue weighted by Crippen LogP contribution is -2.12. The van der Waals surface area contributed by atoms with Crippen molar-refractivity contribution in [2.24, 2.45) is 10.2 Å². The van der Waals surface area contributed by atoms with Gasteiger partial charge in [-0.25, -0.2) is 13.6 Å². The summed E-state index contributed by atoms with van der Waals surface area (Å²) in [6, 6.07) is 10.7. The summed E-state index contributed by atoms with van der Waals surface area (Å²) in [5.74, 6) is 0. The molecule has 8 nitrogen and oxygen atoms in total. The molecule has 0 aliphatic rings. The van der Waals surface area contributed by atoms with Crippen molar-refractivity contribution < 1.29 is 13.3 Å². The molecule has 0 atom stereocenters. The number of primary sulfonamides is 1. The molecule has 0 fully saturated rings. The second-order valence-corrected chi connectivity index (χ2v) is 7.27. The average Bonchev–Trinajstić information content (AvgIpc) is 2.52. The van der Waals surface area contributed by atoms with E-state index in [0.29, 0.717) is 5.71 Å². The molecule has 0 aromatic heterocycles. The van der Waals surface area contributed by atoms with E-state index in [0.717, 1.165) is 16.1 Å². The summed E-state index contributed by atoms with van der Waals surface area (Å²) in [7, 11) is -4.03. The Morgan fingerprint density at radius 1 is 1.25 bits per heavy atom. The van der Waals surface area contributed by atoms with Crippen molar-refractivity contribution in [2.75, 3.05) is 5.43 Å². The maximum Gasteiger partial charge on any atom is 0.295 e. The number of nitrogens with one attached hydrogen (secondary N) is 1. The molecule has 126 valence electrons. The minimum Gasteiger partial charge on any atom is -0.271 e. The Labute approximate surface area is 146 Å². The standard InChI is InChI=1S/C14H13BrN4O4S/c1-9(10-2-4-11(15)5-3-10)17-18-13-7-6-12(24(16,22)23)8-14(13)19(20)21/h2-8,18H,1H3,(H2,16,22,23). The maximum atomic E-state index is 11.3. The van der Waals surface area contributed by atoms with Gasteiger partial charge in [-0.05, 0) is 36.8 Å². The number of nitrogens with two attached hydrogens (primary N) is 1. The van der Waals surface area contributed by atoms with Gasteiger partial charge in [0.25, 0.3) is 5.69 Å². The van der Waals surface area contributed by atoms with Gasteiger partial charge in [0.05, 0.1) is 15.5 Å². The number of hydrazone groups is 1. The Bertz CT molecular complexity index is 911. The fraction of sp³-hybridized carbons (Fsp3) is 0.0714. The Morgan fingerprint density at radius 2 is 1.88 bits per heavy atom. The van der Waals surface area contributed by atoms with Crippen LogP contribution in [0.15, 0.2) is 56.9 Å². The molecule has 0 aliphatic carbocycles. The van der Waals surface area contributed by atoms with Crippen molar-refractivity contribution in [3.63, 3.8) is 0 Å². The second kappa shape index (κ2) is 7.07. The summed E-state index contributed by atoms with van der Waals surface area (Å²) < 4.78 is 23.5. The highest BCUT2D eigenvalue weighted by Crippen LogP contribution is 2.27. The molecule has 0 heterocycles. The first kappa shape index (κ1) is 18.0. The molecule has 0 bridgehead atoms. The third kappa shape index (κ3) is 4.37. The first-order valence-electron chi connectivity index (χ1n) is 6.56. The van der Waals surface area contributed by atoms with E-state index in [1.54, 1.807) is 6.92 Å². The average molecular weight is 413 g/mol. The van der Waals surface area contributed by atoms with Crippen LogP contribution in [0.3, 0.4) is 0 Å². The molecule has 0 spiro atoms. The summed E-state index contributed by atoms with van der Waals surface area (Å²) in [4.78, 5) is 10.1. The molecule has 2 aromatic rings. The van der Waals surface area contributed by atoms with Gasteiger partial charge in [-0.1, -0.05) is 28.1 Å². The van der Waals surface area contributed by atoms with Crippen LogP contribution in [-0.4, -0.2) is 19.1 Å². The van der Waals surface area contributed by atoms with Gasteiger partial charge in [-0.15, -0.1) is 0 Å². The van der Waals surface area contributed by atoms with E-state index in [4.69, 9.17) is 5.14 Å². The summed E-state index contributed by atoms with van der Waals surface area (Å²) in [6.07, 6.45) is 0. The van der Waals surface area contributed by atoms with Crippen molar-refractivity contribution in [1.29, 1.82) is 0 Å². The molecule has 2 aromatic carbocycles. The molecule has 0 amide bonds. The molecule has 0 unspecified atom stereocenters. The van der Waals surface area contributed by atoms with E-state index in [2.05, 4.69) is 26.5 Å². The smallest absolute Gasteiger partial charge is 0.271 e. The number of nitro benzene ring substituents is 1. The van der Waals surface area contributed by atoms with Gasteiger partial charge >= 0.3 is 0 Å². The lowest BCUT2D eigenvalue weighted by atomic mass is 10.1.